The van der Waals surface area contributed by atoms with Gasteiger partial charge < -0.3 is 0 Å². The molecule has 8 nitrogen and oxygen atoms in total. The zero-order valence-corrected chi connectivity index (χ0v) is 16.6. The van der Waals surface area contributed by atoms with Crippen molar-refractivity contribution in [3.05, 3.63) is 48.5 Å². The molecule has 2 rings (SSSR count). The van der Waals surface area contributed by atoms with Gasteiger partial charge in [0.05, 0.1) is 21.2 Å². The molecule has 0 unspecified atom stereocenters. The molecule has 0 saturated carbocycles. The van der Waals surface area contributed by atoms with Crippen molar-refractivity contribution in [2.24, 2.45) is 10.2 Å². The molecule has 0 saturated heterocycles. The van der Waals surface area contributed by atoms with Crippen molar-refractivity contribution in [3.8, 4) is 0 Å². The summed E-state index contributed by atoms with van der Waals surface area (Å²) in [5.74, 6) is 0. The third-order valence-corrected chi connectivity index (χ3v) is 4.29. The first-order chi connectivity index (χ1) is 10.2. The summed E-state index contributed by atoms with van der Waals surface area (Å²) in [6.07, 6.45) is 0. The Hall–Kier alpha value is -0.504. The Balaban J connectivity index is 0.00000264. The predicted octanol–water partition coefficient (Wildman–Crippen LogP) is -0.401. The number of rotatable bonds is 4. The van der Waals surface area contributed by atoms with E-state index >= 15 is 0 Å². The van der Waals surface area contributed by atoms with Crippen LogP contribution < -0.4 is 51.4 Å². The Morgan fingerprint density at radius 2 is 0.870 bits per heavy atom. The van der Waals surface area contributed by atoms with Crippen LogP contribution in [0.3, 0.4) is 0 Å². The number of azo groups is 1. The SMILES string of the molecule is O=S(=O)(O)c1ccc(N=Nc2ccc(S(=O)(=O)O)cc2)cc1.[K+]. The molecule has 0 amide bonds. The van der Waals surface area contributed by atoms with Gasteiger partial charge in [-0.2, -0.15) is 27.1 Å². The van der Waals surface area contributed by atoms with Crippen LogP contribution in [0.25, 0.3) is 0 Å². The first kappa shape index (κ1) is 20.5. The Morgan fingerprint density at radius 3 is 1.09 bits per heavy atom. The minimum Gasteiger partial charge on any atom is -0.282 e. The van der Waals surface area contributed by atoms with Gasteiger partial charge in [-0.05, 0) is 48.5 Å². The van der Waals surface area contributed by atoms with E-state index in [1.165, 1.54) is 48.5 Å². The minimum absolute atomic E-state index is 0. The number of hydrogen-bond acceptors (Lipinski definition) is 6. The van der Waals surface area contributed by atoms with E-state index in [0.717, 1.165) is 0 Å². The van der Waals surface area contributed by atoms with Gasteiger partial charge in [0.2, 0.25) is 0 Å². The van der Waals surface area contributed by atoms with Crippen LogP contribution in [0.5, 0.6) is 0 Å². The molecule has 116 valence electrons. The van der Waals surface area contributed by atoms with Gasteiger partial charge in [-0.3, -0.25) is 9.11 Å². The molecule has 0 aliphatic carbocycles. The van der Waals surface area contributed by atoms with E-state index in [1.54, 1.807) is 0 Å². The Kier molecular flexibility index (Phi) is 7.19. The Labute approximate surface area is 175 Å². The van der Waals surface area contributed by atoms with E-state index in [1.807, 2.05) is 0 Å². The molecule has 11 heteroatoms. The van der Waals surface area contributed by atoms with Crippen LogP contribution in [0.2, 0.25) is 0 Å². The summed E-state index contributed by atoms with van der Waals surface area (Å²) in [5.41, 5.74) is 0.678. The maximum absolute atomic E-state index is 10.9. The fraction of sp³-hybridized carbons (Fsp3) is 0. The molecule has 0 heterocycles. The van der Waals surface area contributed by atoms with Crippen molar-refractivity contribution in [1.82, 2.24) is 0 Å². The topological polar surface area (TPSA) is 133 Å². The fourth-order valence-electron chi connectivity index (χ4n) is 1.49. The van der Waals surface area contributed by atoms with Gasteiger partial charge >= 0.3 is 51.4 Å². The van der Waals surface area contributed by atoms with Crippen molar-refractivity contribution in [3.63, 3.8) is 0 Å². The Bertz CT molecular complexity index is 830. The van der Waals surface area contributed by atoms with Crippen molar-refractivity contribution in [2.45, 2.75) is 9.79 Å². The summed E-state index contributed by atoms with van der Waals surface area (Å²) in [6.45, 7) is 0. The molecule has 2 N–H and O–H groups in total. The normalized spacial score (nSPS) is 12.1. The number of nitrogens with zero attached hydrogens (tertiary/aromatic N) is 2. The maximum atomic E-state index is 10.9. The summed E-state index contributed by atoms with van der Waals surface area (Å²) in [4.78, 5) is -0.520. The molecule has 23 heavy (non-hydrogen) atoms. The van der Waals surface area contributed by atoms with Gasteiger partial charge in [0.1, 0.15) is 0 Å². The molecule has 0 radical (unpaired) electrons. The number of hydrogen-bond donors (Lipinski definition) is 2. The molecule has 0 aromatic heterocycles. The second-order valence-corrected chi connectivity index (χ2v) is 6.98. The standard InChI is InChI=1S/C12H10N2O6S2.K/c15-21(16,17)11-5-1-9(2-6-11)13-14-10-3-7-12(8-4-10)22(18,19)20;/h1-8H,(H,15,16,17)(H,18,19,20);/q;+1. The average Bonchev–Trinajstić information content (AvgIpc) is 2.44. The molecule has 2 aromatic carbocycles. The third-order valence-electron chi connectivity index (χ3n) is 2.55. The summed E-state index contributed by atoms with van der Waals surface area (Å²) in [6, 6.07) is 10.1. The third kappa shape index (κ3) is 6.13. The number of benzene rings is 2. The summed E-state index contributed by atoms with van der Waals surface area (Å²) >= 11 is 0. The van der Waals surface area contributed by atoms with E-state index in [-0.39, 0.29) is 61.2 Å². The molecule has 0 fully saturated rings. The van der Waals surface area contributed by atoms with E-state index in [9.17, 15) is 16.8 Å². The molecule has 0 spiro atoms. The van der Waals surface area contributed by atoms with Crippen molar-refractivity contribution >= 4 is 31.6 Å². The van der Waals surface area contributed by atoms with Crippen LogP contribution in [-0.2, 0) is 20.2 Å². The summed E-state index contributed by atoms with van der Waals surface area (Å²) in [5, 5.41) is 7.66. The fourth-order valence-corrected chi connectivity index (χ4v) is 2.45. The van der Waals surface area contributed by atoms with Crippen LogP contribution in [0, 0.1) is 0 Å². The van der Waals surface area contributed by atoms with Gasteiger partial charge in [0, 0.05) is 0 Å². The summed E-state index contributed by atoms with van der Waals surface area (Å²) in [7, 11) is -8.52. The molecular weight excluding hydrogens is 371 g/mol. The largest absolute Gasteiger partial charge is 1.00 e. The van der Waals surface area contributed by atoms with E-state index in [2.05, 4.69) is 10.2 Å². The average molecular weight is 381 g/mol. The molecule has 0 aliphatic rings. The van der Waals surface area contributed by atoms with E-state index in [4.69, 9.17) is 9.11 Å². The van der Waals surface area contributed by atoms with Gasteiger partial charge in [0.25, 0.3) is 20.2 Å². The monoisotopic (exact) mass is 381 g/mol. The molecule has 0 atom stereocenters. The molecular formula is C12H10KN2O6S2+. The zero-order valence-electron chi connectivity index (χ0n) is 11.9. The van der Waals surface area contributed by atoms with Crippen LogP contribution >= 0.6 is 0 Å². The Morgan fingerprint density at radius 1 is 0.609 bits per heavy atom. The van der Waals surface area contributed by atoms with Gasteiger partial charge in [-0.25, -0.2) is 0 Å². The first-order valence-corrected chi connectivity index (χ1v) is 8.61. The minimum atomic E-state index is -4.26. The van der Waals surface area contributed by atoms with Gasteiger partial charge in [-0.1, -0.05) is 0 Å². The smallest absolute Gasteiger partial charge is 0.282 e. The maximum Gasteiger partial charge on any atom is 1.00 e. The quantitative estimate of drug-likeness (QED) is 0.420. The first-order valence-electron chi connectivity index (χ1n) is 5.73. The van der Waals surface area contributed by atoms with Crippen molar-refractivity contribution < 1.29 is 77.3 Å². The second-order valence-electron chi connectivity index (χ2n) is 4.14. The summed E-state index contributed by atoms with van der Waals surface area (Å²) < 4.78 is 61.1. The molecule has 2 aromatic rings. The van der Waals surface area contributed by atoms with Crippen LogP contribution in [-0.4, -0.2) is 25.9 Å². The van der Waals surface area contributed by atoms with Crippen LogP contribution in [0.15, 0.2) is 68.6 Å². The van der Waals surface area contributed by atoms with E-state index < -0.39 is 20.2 Å². The molecule has 0 aliphatic heterocycles. The van der Waals surface area contributed by atoms with Crippen molar-refractivity contribution in [1.29, 1.82) is 0 Å². The molecule has 0 bridgehead atoms. The van der Waals surface area contributed by atoms with Crippen molar-refractivity contribution in [2.75, 3.05) is 0 Å². The van der Waals surface area contributed by atoms with Gasteiger partial charge in [-0.15, -0.1) is 0 Å². The van der Waals surface area contributed by atoms with Crippen LogP contribution in [0.4, 0.5) is 11.4 Å². The van der Waals surface area contributed by atoms with Crippen LogP contribution in [0.1, 0.15) is 0 Å². The van der Waals surface area contributed by atoms with Gasteiger partial charge in [0.15, 0.2) is 0 Å². The predicted molar refractivity (Wildman–Crippen MR) is 76.7 cm³/mol. The zero-order chi connectivity index (χ0) is 16.4. The van der Waals surface area contributed by atoms with E-state index in [0.29, 0.717) is 11.4 Å². The second kappa shape index (κ2) is 8.05.